The van der Waals surface area contributed by atoms with Gasteiger partial charge in [0.05, 0.1) is 24.7 Å². The van der Waals surface area contributed by atoms with E-state index >= 15 is 0 Å². The minimum Gasteiger partial charge on any atom is -0.497 e. The van der Waals surface area contributed by atoms with Crippen LogP contribution in [0, 0.1) is 10.1 Å². The molecular weight excluding hydrogens is 300 g/mol. The summed E-state index contributed by atoms with van der Waals surface area (Å²) >= 11 is 0. The first-order valence-corrected chi connectivity index (χ1v) is 7.81. The molecule has 1 N–H and O–H groups in total. The number of hydrogen-bond acceptors (Lipinski definition) is 6. The summed E-state index contributed by atoms with van der Waals surface area (Å²) < 4.78 is 31.2. The van der Waals surface area contributed by atoms with Crippen LogP contribution in [-0.2, 0) is 10.0 Å². The molecule has 0 aromatic heterocycles. The third-order valence-corrected chi connectivity index (χ3v) is 5.48. The fraction of sp³-hybridized carbons (Fsp3) is 0.500. The highest BCUT2D eigenvalue weighted by molar-refractivity contribution is 7.89. The van der Waals surface area contributed by atoms with Gasteiger partial charge in [-0.3, -0.25) is 10.1 Å². The monoisotopic (exact) mass is 316 g/mol. The van der Waals surface area contributed by atoms with E-state index in [9.17, 15) is 23.6 Å². The highest BCUT2D eigenvalue weighted by atomic mass is 32.2. The van der Waals surface area contributed by atoms with Gasteiger partial charge in [0.15, 0.2) is 4.90 Å². The SMILES string of the molecule is COc1ccc(S(=O)(=O)N2CCCC2CO)c([N+](=O)[O-])c1. The molecule has 1 aliphatic heterocycles. The second-order valence-corrected chi connectivity index (χ2v) is 6.54. The molecule has 8 nitrogen and oxygen atoms in total. The second-order valence-electron chi connectivity index (χ2n) is 4.69. The van der Waals surface area contributed by atoms with Gasteiger partial charge >= 0.3 is 0 Å². The summed E-state index contributed by atoms with van der Waals surface area (Å²) in [5, 5.41) is 20.4. The van der Waals surface area contributed by atoms with E-state index in [4.69, 9.17) is 4.74 Å². The quantitative estimate of drug-likeness (QED) is 0.634. The molecule has 1 saturated heterocycles. The fourth-order valence-electron chi connectivity index (χ4n) is 2.42. The number of nitro groups is 1. The van der Waals surface area contributed by atoms with E-state index in [-0.39, 0.29) is 23.8 Å². The van der Waals surface area contributed by atoms with Crippen LogP contribution in [0.4, 0.5) is 5.69 Å². The zero-order chi connectivity index (χ0) is 15.6. The molecule has 0 spiro atoms. The average Bonchev–Trinajstić information content (AvgIpc) is 2.95. The molecule has 2 rings (SSSR count). The van der Waals surface area contributed by atoms with Crippen LogP contribution in [0.25, 0.3) is 0 Å². The number of aliphatic hydroxyl groups is 1. The van der Waals surface area contributed by atoms with Crippen LogP contribution in [-0.4, -0.2) is 49.1 Å². The maximum absolute atomic E-state index is 12.6. The molecule has 0 bridgehead atoms. The number of benzene rings is 1. The zero-order valence-electron chi connectivity index (χ0n) is 11.4. The molecule has 1 aromatic carbocycles. The van der Waals surface area contributed by atoms with Crippen molar-refractivity contribution in [3.05, 3.63) is 28.3 Å². The van der Waals surface area contributed by atoms with E-state index in [0.29, 0.717) is 12.8 Å². The molecular formula is C12H16N2O6S. The molecule has 1 fully saturated rings. The smallest absolute Gasteiger partial charge is 0.293 e. The van der Waals surface area contributed by atoms with Crippen molar-refractivity contribution >= 4 is 15.7 Å². The third-order valence-electron chi connectivity index (χ3n) is 3.48. The Morgan fingerprint density at radius 3 is 2.81 bits per heavy atom. The van der Waals surface area contributed by atoms with E-state index in [0.717, 1.165) is 10.4 Å². The van der Waals surface area contributed by atoms with E-state index in [1.165, 1.54) is 19.2 Å². The van der Waals surface area contributed by atoms with Crippen molar-refractivity contribution in [2.24, 2.45) is 0 Å². The Kier molecular flexibility index (Phi) is 4.45. The Labute approximate surface area is 122 Å². The Balaban J connectivity index is 2.52. The maximum Gasteiger partial charge on any atom is 0.293 e. The van der Waals surface area contributed by atoms with Gasteiger partial charge in [0.1, 0.15) is 5.75 Å². The summed E-state index contributed by atoms with van der Waals surface area (Å²) in [4.78, 5) is 9.99. The van der Waals surface area contributed by atoms with Gasteiger partial charge < -0.3 is 9.84 Å². The third kappa shape index (κ3) is 2.85. The molecule has 1 heterocycles. The van der Waals surface area contributed by atoms with E-state index in [1.807, 2.05) is 0 Å². The number of hydrogen-bond donors (Lipinski definition) is 1. The number of nitro benzene ring substituents is 1. The lowest BCUT2D eigenvalue weighted by Crippen LogP contribution is -2.37. The van der Waals surface area contributed by atoms with Crippen molar-refractivity contribution in [1.82, 2.24) is 4.31 Å². The van der Waals surface area contributed by atoms with Gasteiger partial charge in [-0.05, 0) is 25.0 Å². The topological polar surface area (TPSA) is 110 Å². The van der Waals surface area contributed by atoms with Gasteiger partial charge in [-0.1, -0.05) is 0 Å². The number of aliphatic hydroxyl groups excluding tert-OH is 1. The Hall–Kier alpha value is -1.71. The number of rotatable bonds is 5. The van der Waals surface area contributed by atoms with Crippen LogP contribution in [0.1, 0.15) is 12.8 Å². The molecule has 0 amide bonds. The largest absolute Gasteiger partial charge is 0.497 e. The van der Waals surface area contributed by atoms with Gasteiger partial charge in [0.25, 0.3) is 5.69 Å². The minimum absolute atomic E-state index is 0.209. The van der Waals surface area contributed by atoms with Crippen LogP contribution >= 0.6 is 0 Å². The van der Waals surface area contributed by atoms with Gasteiger partial charge in [-0.2, -0.15) is 4.31 Å². The van der Waals surface area contributed by atoms with Gasteiger partial charge in [0.2, 0.25) is 10.0 Å². The summed E-state index contributed by atoms with van der Waals surface area (Å²) in [6, 6.07) is 3.08. The first-order valence-electron chi connectivity index (χ1n) is 6.37. The molecule has 1 atom stereocenters. The highest BCUT2D eigenvalue weighted by Crippen LogP contribution is 2.33. The fourth-order valence-corrected chi connectivity index (χ4v) is 4.24. The Bertz CT molecular complexity index is 645. The van der Waals surface area contributed by atoms with Crippen LogP contribution in [0.3, 0.4) is 0 Å². The molecule has 0 aliphatic carbocycles. The summed E-state index contributed by atoms with van der Waals surface area (Å²) in [6.07, 6.45) is 1.16. The second kappa shape index (κ2) is 5.96. The van der Waals surface area contributed by atoms with Crippen molar-refractivity contribution in [3.8, 4) is 5.75 Å². The van der Waals surface area contributed by atoms with E-state index in [2.05, 4.69) is 0 Å². The Morgan fingerprint density at radius 2 is 2.24 bits per heavy atom. The molecule has 0 radical (unpaired) electrons. The molecule has 1 aliphatic rings. The zero-order valence-corrected chi connectivity index (χ0v) is 12.2. The molecule has 116 valence electrons. The van der Waals surface area contributed by atoms with Crippen molar-refractivity contribution in [3.63, 3.8) is 0 Å². The predicted molar refractivity (Wildman–Crippen MR) is 73.6 cm³/mol. The lowest BCUT2D eigenvalue weighted by molar-refractivity contribution is -0.387. The number of methoxy groups -OCH3 is 1. The van der Waals surface area contributed by atoms with Crippen LogP contribution in [0.5, 0.6) is 5.75 Å². The highest BCUT2D eigenvalue weighted by Gasteiger charge is 2.38. The number of nitrogens with zero attached hydrogens (tertiary/aromatic N) is 2. The summed E-state index contributed by atoms with van der Waals surface area (Å²) in [7, 11) is -2.68. The first kappa shape index (κ1) is 15.7. The van der Waals surface area contributed by atoms with Gasteiger partial charge in [-0.25, -0.2) is 8.42 Å². The average molecular weight is 316 g/mol. The maximum atomic E-state index is 12.6. The van der Waals surface area contributed by atoms with Gasteiger partial charge in [-0.15, -0.1) is 0 Å². The standard InChI is InChI=1S/C12H16N2O6S/c1-20-10-4-5-12(11(7-10)14(16)17)21(18,19)13-6-2-3-9(13)8-15/h4-5,7,9,15H,2-3,6,8H2,1H3. The number of ether oxygens (including phenoxy) is 1. The van der Waals surface area contributed by atoms with Gasteiger partial charge in [0, 0.05) is 12.6 Å². The van der Waals surface area contributed by atoms with E-state index in [1.54, 1.807) is 0 Å². The van der Waals surface area contributed by atoms with Crippen LogP contribution in [0.2, 0.25) is 0 Å². The van der Waals surface area contributed by atoms with Crippen LogP contribution in [0.15, 0.2) is 23.1 Å². The van der Waals surface area contributed by atoms with Crippen molar-refractivity contribution in [2.45, 2.75) is 23.8 Å². The van der Waals surface area contributed by atoms with Crippen molar-refractivity contribution in [2.75, 3.05) is 20.3 Å². The molecule has 1 unspecified atom stereocenters. The lowest BCUT2D eigenvalue weighted by atomic mass is 10.2. The van der Waals surface area contributed by atoms with Crippen LogP contribution < -0.4 is 4.74 Å². The molecule has 1 aromatic rings. The van der Waals surface area contributed by atoms with Crippen molar-refractivity contribution < 1.29 is 23.2 Å². The summed E-state index contributed by atoms with van der Waals surface area (Å²) in [5.74, 6) is 0.209. The summed E-state index contributed by atoms with van der Waals surface area (Å²) in [6.45, 7) is -0.0556. The summed E-state index contributed by atoms with van der Waals surface area (Å²) in [5.41, 5.74) is -0.530. The molecule has 9 heteroatoms. The first-order chi connectivity index (χ1) is 9.91. The predicted octanol–water partition coefficient (Wildman–Crippen LogP) is 0.749. The lowest BCUT2D eigenvalue weighted by Gasteiger charge is -2.22. The Morgan fingerprint density at radius 1 is 1.52 bits per heavy atom. The number of sulfonamides is 1. The van der Waals surface area contributed by atoms with Crippen molar-refractivity contribution in [1.29, 1.82) is 0 Å². The van der Waals surface area contributed by atoms with E-state index < -0.39 is 26.7 Å². The minimum atomic E-state index is -4.02. The molecule has 0 saturated carbocycles. The molecule has 21 heavy (non-hydrogen) atoms. The normalized spacial score (nSPS) is 19.6.